The van der Waals surface area contributed by atoms with Gasteiger partial charge in [0.15, 0.2) is 5.96 Å². The summed E-state index contributed by atoms with van der Waals surface area (Å²) in [7, 11) is 5.36. The summed E-state index contributed by atoms with van der Waals surface area (Å²) in [6.45, 7) is 1.97. The van der Waals surface area contributed by atoms with Gasteiger partial charge in [-0.3, -0.25) is 9.79 Å². The van der Waals surface area contributed by atoms with Gasteiger partial charge in [-0.15, -0.1) is 24.0 Å². The monoisotopic (exact) mass is 490 g/mol. The fourth-order valence-electron chi connectivity index (χ4n) is 2.44. The Bertz CT molecular complexity index is 591. The SMILES string of the molecule is CN=C(NCCCC(=O)NC1CC1)N(C)CCOc1ccc(OC)cc1.I. The Balaban J connectivity index is 0.00000364. The van der Waals surface area contributed by atoms with Crippen LogP contribution in [0, 0.1) is 0 Å². The molecule has 0 aromatic heterocycles. The molecule has 2 rings (SSSR count). The van der Waals surface area contributed by atoms with Crippen molar-refractivity contribution in [3.05, 3.63) is 24.3 Å². The van der Waals surface area contributed by atoms with Crippen molar-refractivity contribution < 1.29 is 14.3 Å². The first-order valence-electron chi connectivity index (χ1n) is 9.10. The maximum Gasteiger partial charge on any atom is 0.220 e. The van der Waals surface area contributed by atoms with Gasteiger partial charge in [0, 0.05) is 33.1 Å². The van der Waals surface area contributed by atoms with E-state index in [0.29, 0.717) is 32.2 Å². The van der Waals surface area contributed by atoms with Crippen molar-refractivity contribution in [1.82, 2.24) is 15.5 Å². The minimum Gasteiger partial charge on any atom is -0.497 e. The highest BCUT2D eigenvalue weighted by Crippen LogP contribution is 2.18. The lowest BCUT2D eigenvalue weighted by molar-refractivity contribution is -0.121. The van der Waals surface area contributed by atoms with E-state index in [1.165, 1.54) is 0 Å². The van der Waals surface area contributed by atoms with Gasteiger partial charge in [0.25, 0.3) is 0 Å². The van der Waals surface area contributed by atoms with Crippen LogP contribution in [0.3, 0.4) is 0 Å². The lowest BCUT2D eigenvalue weighted by Gasteiger charge is -2.22. The summed E-state index contributed by atoms with van der Waals surface area (Å²) in [5.41, 5.74) is 0. The summed E-state index contributed by atoms with van der Waals surface area (Å²) in [6, 6.07) is 7.95. The summed E-state index contributed by atoms with van der Waals surface area (Å²) in [5.74, 6) is 2.56. The number of methoxy groups -OCH3 is 1. The Morgan fingerprint density at radius 1 is 1.26 bits per heavy atom. The van der Waals surface area contributed by atoms with Gasteiger partial charge in [-0.1, -0.05) is 0 Å². The van der Waals surface area contributed by atoms with Crippen LogP contribution in [0.5, 0.6) is 11.5 Å². The average Bonchev–Trinajstić information content (AvgIpc) is 3.46. The van der Waals surface area contributed by atoms with E-state index in [-0.39, 0.29) is 29.9 Å². The maximum atomic E-state index is 11.7. The van der Waals surface area contributed by atoms with Crippen molar-refractivity contribution in [2.45, 2.75) is 31.7 Å². The molecule has 1 aromatic rings. The molecule has 152 valence electrons. The first kappa shape index (κ1) is 23.3. The molecular weight excluding hydrogens is 459 g/mol. The predicted octanol–water partition coefficient (Wildman–Crippen LogP) is 2.26. The molecule has 1 aromatic carbocycles. The number of carbonyl (C=O) groups is 1. The average molecular weight is 490 g/mol. The molecule has 8 heteroatoms. The standard InChI is InChI=1S/C19H30N4O3.HI/c1-20-19(21-12-4-5-18(24)22-15-6-7-15)23(2)13-14-26-17-10-8-16(25-3)9-11-17;/h8-11,15H,4-7,12-14H2,1-3H3,(H,20,21)(H,22,24);1H. The normalized spacial score (nSPS) is 13.4. The number of halogens is 1. The second-order valence-corrected chi connectivity index (χ2v) is 6.36. The molecule has 0 saturated heterocycles. The van der Waals surface area contributed by atoms with Gasteiger partial charge in [-0.25, -0.2) is 0 Å². The van der Waals surface area contributed by atoms with Gasteiger partial charge in [0.2, 0.25) is 5.91 Å². The van der Waals surface area contributed by atoms with E-state index in [0.717, 1.165) is 36.7 Å². The molecule has 27 heavy (non-hydrogen) atoms. The van der Waals surface area contributed by atoms with Crippen molar-refractivity contribution in [2.24, 2.45) is 4.99 Å². The number of rotatable bonds is 10. The molecule has 0 heterocycles. The molecule has 0 unspecified atom stereocenters. The molecule has 0 spiro atoms. The quantitative estimate of drug-likeness (QED) is 0.228. The molecule has 1 aliphatic carbocycles. The number of ether oxygens (including phenoxy) is 2. The minimum absolute atomic E-state index is 0. The predicted molar refractivity (Wildman–Crippen MR) is 118 cm³/mol. The highest BCUT2D eigenvalue weighted by Gasteiger charge is 2.22. The van der Waals surface area contributed by atoms with E-state index in [1.807, 2.05) is 36.2 Å². The summed E-state index contributed by atoms with van der Waals surface area (Å²) in [4.78, 5) is 17.9. The zero-order valence-corrected chi connectivity index (χ0v) is 18.7. The van der Waals surface area contributed by atoms with Crippen molar-refractivity contribution >= 4 is 35.8 Å². The fourth-order valence-corrected chi connectivity index (χ4v) is 2.44. The smallest absolute Gasteiger partial charge is 0.220 e. The summed E-state index contributed by atoms with van der Waals surface area (Å²) < 4.78 is 10.9. The molecular formula is C19H31IN4O3. The first-order chi connectivity index (χ1) is 12.6. The lowest BCUT2D eigenvalue weighted by Crippen LogP contribution is -2.41. The first-order valence-corrected chi connectivity index (χ1v) is 9.10. The number of aliphatic imine (C=N–C) groups is 1. The number of hydrogen-bond acceptors (Lipinski definition) is 4. The molecule has 1 saturated carbocycles. The number of carbonyl (C=O) groups excluding carboxylic acids is 1. The van der Waals surface area contributed by atoms with E-state index in [2.05, 4.69) is 15.6 Å². The van der Waals surface area contributed by atoms with Gasteiger partial charge < -0.3 is 25.0 Å². The van der Waals surface area contributed by atoms with Gasteiger partial charge in [-0.2, -0.15) is 0 Å². The highest BCUT2D eigenvalue weighted by atomic mass is 127. The fraction of sp³-hybridized carbons (Fsp3) is 0.579. The van der Waals surface area contributed by atoms with Gasteiger partial charge in [-0.05, 0) is 43.5 Å². The van der Waals surface area contributed by atoms with Gasteiger partial charge in [0.05, 0.1) is 13.7 Å². The van der Waals surface area contributed by atoms with Crippen LogP contribution in [-0.4, -0.2) is 63.7 Å². The number of guanidine groups is 1. The Morgan fingerprint density at radius 2 is 1.93 bits per heavy atom. The van der Waals surface area contributed by atoms with Crippen LogP contribution in [0.2, 0.25) is 0 Å². The number of nitrogens with one attached hydrogen (secondary N) is 2. The van der Waals surface area contributed by atoms with Gasteiger partial charge >= 0.3 is 0 Å². The van der Waals surface area contributed by atoms with Crippen molar-refractivity contribution in [3.8, 4) is 11.5 Å². The Labute approximate surface area is 178 Å². The number of amides is 1. The van der Waals surface area contributed by atoms with Crippen LogP contribution in [0.1, 0.15) is 25.7 Å². The summed E-state index contributed by atoms with van der Waals surface area (Å²) in [5, 5.41) is 6.28. The van der Waals surface area contributed by atoms with Crippen LogP contribution < -0.4 is 20.1 Å². The maximum absolute atomic E-state index is 11.7. The molecule has 1 amide bonds. The third-order valence-electron chi connectivity index (χ3n) is 4.13. The zero-order valence-electron chi connectivity index (χ0n) is 16.4. The molecule has 0 bridgehead atoms. The number of benzene rings is 1. The second kappa shape index (κ2) is 12.6. The van der Waals surface area contributed by atoms with Crippen LogP contribution >= 0.6 is 24.0 Å². The Kier molecular flexibility index (Phi) is 10.9. The van der Waals surface area contributed by atoms with E-state index in [1.54, 1.807) is 14.2 Å². The number of hydrogen-bond donors (Lipinski definition) is 2. The van der Waals surface area contributed by atoms with Crippen molar-refractivity contribution in [3.63, 3.8) is 0 Å². The third-order valence-corrected chi connectivity index (χ3v) is 4.13. The Hall–Kier alpha value is -1.71. The molecule has 0 aliphatic heterocycles. The van der Waals surface area contributed by atoms with Crippen molar-refractivity contribution in [1.29, 1.82) is 0 Å². The molecule has 1 fully saturated rings. The van der Waals surface area contributed by atoms with E-state index >= 15 is 0 Å². The number of likely N-dealkylation sites (N-methyl/N-ethyl adjacent to an activating group) is 1. The zero-order chi connectivity index (χ0) is 18.8. The lowest BCUT2D eigenvalue weighted by atomic mass is 10.3. The van der Waals surface area contributed by atoms with Crippen LogP contribution in [0.25, 0.3) is 0 Å². The summed E-state index contributed by atoms with van der Waals surface area (Å²) >= 11 is 0. The summed E-state index contributed by atoms with van der Waals surface area (Å²) in [6.07, 6.45) is 3.58. The van der Waals surface area contributed by atoms with E-state index < -0.39 is 0 Å². The van der Waals surface area contributed by atoms with Crippen LogP contribution in [-0.2, 0) is 4.79 Å². The minimum atomic E-state index is 0. The Morgan fingerprint density at radius 3 is 2.52 bits per heavy atom. The largest absolute Gasteiger partial charge is 0.497 e. The van der Waals surface area contributed by atoms with Gasteiger partial charge in [0.1, 0.15) is 18.1 Å². The molecule has 1 aliphatic rings. The molecule has 0 radical (unpaired) electrons. The molecule has 7 nitrogen and oxygen atoms in total. The van der Waals surface area contributed by atoms with Crippen molar-refractivity contribution in [2.75, 3.05) is 40.9 Å². The molecule has 0 atom stereocenters. The highest BCUT2D eigenvalue weighted by molar-refractivity contribution is 14.0. The molecule has 2 N–H and O–H groups in total. The number of nitrogens with zero attached hydrogens (tertiary/aromatic N) is 2. The topological polar surface area (TPSA) is 75.2 Å². The van der Waals surface area contributed by atoms with E-state index in [4.69, 9.17) is 9.47 Å². The van der Waals surface area contributed by atoms with Crippen LogP contribution in [0.4, 0.5) is 0 Å². The second-order valence-electron chi connectivity index (χ2n) is 6.36. The van der Waals surface area contributed by atoms with Crippen LogP contribution in [0.15, 0.2) is 29.3 Å². The van der Waals surface area contributed by atoms with E-state index in [9.17, 15) is 4.79 Å². The third kappa shape index (κ3) is 9.16.